The van der Waals surface area contributed by atoms with Gasteiger partial charge in [-0.25, -0.2) is 4.99 Å². The number of guanidine groups is 1. The summed E-state index contributed by atoms with van der Waals surface area (Å²) in [4.78, 5) is 5.92. The van der Waals surface area contributed by atoms with Gasteiger partial charge < -0.3 is 20.5 Å². The van der Waals surface area contributed by atoms with Gasteiger partial charge in [0.2, 0.25) is 0 Å². The van der Waals surface area contributed by atoms with Gasteiger partial charge in [0.25, 0.3) is 0 Å². The summed E-state index contributed by atoms with van der Waals surface area (Å²) in [5, 5.41) is 16.7. The number of rotatable bonds is 7. The fraction of sp³-hybridized carbons (Fsp3) is 0.350. The van der Waals surface area contributed by atoms with E-state index in [-0.39, 0.29) is 5.75 Å². The van der Waals surface area contributed by atoms with E-state index >= 15 is 0 Å². The minimum Gasteiger partial charge on any atom is -0.504 e. The van der Waals surface area contributed by atoms with Crippen molar-refractivity contribution in [2.75, 3.05) is 19.9 Å². The summed E-state index contributed by atoms with van der Waals surface area (Å²) >= 11 is 1.73. The number of methoxy groups -OCH3 is 1. The Kier molecular flexibility index (Phi) is 7.66. The number of nitrogens with one attached hydrogen (secondary N) is 2. The Morgan fingerprint density at radius 1 is 1.19 bits per heavy atom. The second-order valence-electron chi connectivity index (χ2n) is 5.83. The lowest BCUT2D eigenvalue weighted by atomic mass is 10.1. The van der Waals surface area contributed by atoms with Crippen LogP contribution in [0.3, 0.4) is 0 Å². The Bertz CT molecular complexity index is 763. The highest BCUT2D eigenvalue weighted by molar-refractivity contribution is 7.98. The highest BCUT2D eigenvalue weighted by Crippen LogP contribution is 2.29. The molecule has 0 aromatic heterocycles. The summed E-state index contributed by atoms with van der Waals surface area (Å²) in [5.41, 5.74) is 3.21. The van der Waals surface area contributed by atoms with Crippen LogP contribution in [0, 0.1) is 6.92 Å². The first-order valence-corrected chi connectivity index (χ1v) is 9.82. The molecule has 3 N–H and O–H groups in total. The molecule has 0 aliphatic carbocycles. The normalized spacial score (nSPS) is 11.3. The monoisotopic (exact) mass is 373 g/mol. The Morgan fingerprint density at radius 3 is 2.69 bits per heavy atom. The molecular formula is C20H27N3O2S. The van der Waals surface area contributed by atoms with Crippen LogP contribution >= 0.6 is 11.8 Å². The van der Waals surface area contributed by atoms with Crippen molar-refractivity contribution in [1.29, 1.82) is 0 Å². The molecule has 0 aliphatic rings. The van der Waals surface area contributed by atoms with Crippen LogP contribution < -0.4 is 15.4 Å². The average molecular weight is 374 g/mol. The molecule has 2 aromatic carbocycles. The number of thioether (sulfide) groups is 1. The maximum Gasteiger partial charge on any atom is 0.191 e. The van der Waals surface area contributed by atoms with E-state index < -0.39 is 0 Å². The number of phenols is 1. The number of phenolic OH excluding ortho intramolecular Hbond substituents is 1. The van der Waals surface area contributed by atoms with Gasteiger partial charge in [-0.3, -0.25) is 0 Å². The molecule has 0 saturated heterocycles. The molecule has 6 heteroatoms. The zero-order valence-corrected chi connectivity index (χ0v) is 16.6. The van der Waals surface area contributed by atoms with E-state index in [9.17, 15) is 5.11 Å². The number of aliphatic imine (C=N–C) groups is 1. The number of aryl methyl sites for hydroxylation is 1. The zero-order valence-electron chi connectivity index (χ0n) is 15.8. The van der Waals surface area contributed by atoms with Gasteiger partial charge in [-0.05, 0) is 43.4 Å². The van der Waals surface area contributed by atoms with Crippen molar-refractivity contribution in [1.82, 2.24) is 10.6 Å². The van der Waals surface area contributed by atoms with Crippen LogP contribution in [-0.4, -0.2) is 31.0 Å². The van der Waals surface area contributed by atoms with Gasteiger partial charge in [0.15, 0.2) is 17.5 Å². The van der Waals surface area contributed by atoms with E-state index in [0.717, 1.165) is 12.1 Å². The standard InChI is InChI=1S/C20H27N3O2S/c1-5-21-20(22-12-15-10-9-14(2)11-18(15)26-4)23-13-16-7-6-8-17(25-3)19(16)24/h6-11,24H,5,12-13H2,1-4H3,(H2,21,22,23). The maximum absolute atomic E-state index is 10.2. The topological polar surface area (TPSA) is 65.9 Å². The third-order valence-electron chi connectivity index (χ3n) is 3.94. The first kappa shape index (κ1) is 20.0. The third-order valence-corrected chi connectivity index (χ3v) is 4.76. The van der Waals surface area contributed by atoms with Gasteiger partial charge in [-0.15, -0.1) is 11.8 Å². The van der Waals surface area contributed by atoms with E-state index in [1.807, 2.05) is 19.1 Å². The first-order valence-electron chi connectivity index (χ1n) is 8.59. The van der Waals surface area contributed by atoms with Crippen LogP contribution in [0.15, 0.2) is 46.3 Å². The molecule has 2 aromatic rings. The van der Waals surface area contributed by atoms with Crippen LogP contribution in [0.4, 0.5) is 0 Å². The molecule has 0 unspecified atom stereocenters. The molecule has 0 fully saturated rings. The van der Waals surface area contributed by atoms with Gasteiger partial charge in [-0.1, -0.05) is 24.3 Å². The molecule has 0 saturated carbocycles. The lowest BCUT2D eigenvalue weighted by molar-refractivity contribution is 0.370. The van der Waals surface area contributed by atoms with Gasteiger partial charge in [0, 0.05) is 23.5 Å². The molecule has 0 atom stereocenters. The lowest BCUT2D eigenvalue weighted by Crippen LogP contribution is -2.36. The number of aromatic hydroxyl groups is 1. The van der Waals surface area contributed by atoms with E-state index in [1.165, 1.54) is 16.0 Å². The summed E-state index contributed by atoms with van der Waals surface area (Å²) in [6.45, 7) is 5.94. The minimum absolute atomic E-state index is 0.154. The number of hydrogen-bond donors (Lipinski definition) is 3. The Morgan fingerprint density at radius 2 is 2.00 bits per heavy atom. The minimum atomic E-state index is 0.154. The van der Waals surface area contributed by atoms with Gasteiger partial charge in [0.1, 0.15) is 0 Å². The van der Waals surface area contributed by atoms with E-state index in [0.29, 0.717) is 24.8 Å². The molecule has 0 amide bonds. The second kappa shape index (κ2) is 9.97. The molecule has 5 nitrogen and oxygen atoms in total. The smallest absolute Gasteiger partial charge is 0.191 e. The quantitative estimate of drug-likeness (QED) is 0.392. The lowest BCUT2D eigenvalue weighted by Gasteiger charge is -2.14. The molecule has 0 heterocycles. The highest BCUT2D eigenvalue weighted by Gasteiger charge is 2.08. The molecular weight excluding hydrogens is 346 g/mol. The van der Waals surface area contributed by atoms with Crippen LogP contribution in [-0.2, 0) is 13.1 Å². The Hall–Kier alpha value is -2.34. The molecule has 140 valence electrons. The van der Waals surface area contributed by atoms with Crippen LogP contribution in [0.5, 0.6) is 11.5 Å². The van der Waals surface area contributed by atoms with Crippen molar-refractivity contribution >= 4 is 17.7 Å². The van der Waals surface area contributed by atoms with E-state index in [1.54, 1.807) is 24.9 Å². The van der Waals surface area contributed by atoms with Crippen molar-refractivity contribution < 1.29 is 9.84 Å². The van der Waals surface area contributed by atoms with Crippen molar-refractivity contribution in [3.8, 4) is 11.5 Å². The van der Waals surface area contributed by atoms with Crippen molar-refractivity contribution in [2.45, 2.75) is 31.8 Å². The van der Waals surface area contributed by atoms with Crippen molar-refractivity contribution in [3.05, 3.63) is 53.1 Å². The Balaban J connectivity index is 2.10. The van der Waals surface area contributed by atoms with Crippen LogP contribution in [0.25, 0.3) is 0 Å². The SMILES string of the molecule is CCNC(=NCc1ccc(C)cc1SC)NCc1cccc(OC)c1O. The fourth-order valence-corrected chi connectivity index (χ4v) is 3.24. The fourth-order valence-electron chi connectivity index (χ4n) is 2.54. The zero-order chi connectivity index (χ0) is 18.9. The average Bonchev–Trinajstić information content (AvgIpc) is 2.65. The summed E-state index contributed by atoms with van der Waals surface area (Å²) in [5.74, 6) is 1.33. The van der Waals surface area contributed by atoms with E-state index in [4.69, 9.17) is 4.74 Å². The summed E-state index contributed by atoms with van der Waals surface area (Å²) in [6.07, 6.45) is 2.08. The summed E-state index contributed by atoms with van der Waals surface area (Å²) < 4.78 is 5.15. The van der Waals surface area contributed by atoms with Gasteiger partial charge in [0.05, 0.1) is 13.7 Å². The van der Waals surface area contributed by atoms with Gasteiger partial charge in [-0.2, -0.15) is 0 Å². The largest absolute Gasteiger partial charge is 0.504 e. The number of para-hydroxylation sites is 1. The summed E-state index contributed by atoms with van der Waals surface area (Å²) in [7, 11) is 1.54. The maximum atomic E-state index is 10.2. The van der Waals surface area contributed by atoms with Crippen molar-refractivity contribution in [2.24, 2.45) is 4.99 Å². The van der Waals surface area contributed by atoms with Crippen molar-refractivity contribution in [3.63, 3.8) is 0 Å². The predicted molar refractivity (Wildman–Crippen MR) is 109 cm³/mol. The third kappa shape index (κ3) is 5.33. The van der Waals surface area contributed by atoms with Crippen LogP contribution in [0.2, 0.25) is 0 Å². The summed E-state index contributed by atoms with van der Waals surface area (Å²) in [6, 6.07) is 11.9. The highest BCUT2D eigenvalue weighted by atomic mass is 32.2. The second-order valence-corrected chi connectivity index (χ2v) is 6.68. The van der Waals surface area contributed by atoms with Crippen LogP contribution in [0.1, 0.15) is 23.6 Å². The number of hydrogen-bond acceptors (Lipinski definition) is 4. The molecule has 0 aliphatic heterocycles. The number of ether oxygens (including phenoxy) is 1. The number of benzene rings is 2. The van der Waals surface area contributed by atoms with Gasteiger partial charge >= 0.3 is 0 Å². The predicted octanol–water partition coefficient (Wildman–Crippen LogP) is 3.69. The number of nitrogens with zero attached hydrogens (tertiary/aromatic N) is 1. The molecule has 0 spiro atoms. The molecule has 26 heavy (non-hydrogen) atoms. The molecule has 0 bridgehead atoms. The first-order chi connectivity index (χ1) is 12.6. The molecule has 0 radical (unpaired) electrons. The van der Waals surface area contributed by atoms with E-state index in [2.05, 4.69) is 47.0 Å². The Labute approximate surface area is 159 Å². The molecule has 2 rings (SSSR count).